The molecular formula is C23H23ClN6O3S. The second-order valence-corrected chi connectivity index (χ2v) is 9.83. The van der Waals surface area contributed by atoms with Gasteiger partial charge in [-0.1, -0.05) is 23.7 Å². The van der Waals surface area contributed by atoms with Crippen molar-refractivity contribution in [1.29, 1.82) is 0 Å². The van der Waals surface area contributed by atoms with Crippen molar-refractivity contribution >= 4 is 46.7 Å². The average Bonchev–Trinajstić information content (AvgIpc) is 3.34. The maximum absolute atomic E-state index is 12.1. The minimum absolute atomic E-state index is 0.186. The summed E-state index contributed by atoms with van der Waals surface area (Å²) in [6.07, 6.45) is 1.69. The number of urea groups is 1. The summed E-state index contributed by atoms with van der Waals surface area (Å²) < 4.78 is 0.625. The summed E-state index contributed by atoms with van der Waals surface area (Å²) in [4.78, 5) is 47.6. The minimum atomic E-state index is -0.918. The molecule has 2 aromatic heterocycles. The molecule has 1 aliphatic rings. The lowest BCUT2D eigenvalue weighted by atomic mass is 10.0. The molecular weight excluding hydrogens is 476 g/mol. The van der Waals surface area contributed by atoms with Crippen LogP contribution in [0.25, 0.3) is 21.7 Å². The monoisotopic (exact) mass is 498 g/mol. The molecule has 0 unspecified atom stereocenters. The molecule has 1 fully saturated rings. The zero-order valence-corrected chi connectivity index (χ0v) is 20.4. The second kappa shape index (κ2) is 9.40. The van der Waals surface area contributed by atoms with Gasteiger partial charge in [0.2, 0.25) is 5.95 Å². The molecule has 176 valence electrons. The van der Waals surface area contributed by atoms with Gasteiger partial charge in [-0.05, 0) is 43.7 Å². The van der Waals surface area contributed by atoms with Gasteiger partial charge >= 0.3 is 6.03 Å². The lowest BCUT2D eigenvalue weighted by Crippen LogP contribution is -2.46. The summed E-state index contributed by atoms with van der Waals surface area (Å²) in [7, 11) is 1.58. The van der Waals surface area contributed by atoms with Crippen molar-refractivity contribution in [2.45, 2.75) is 19.4 Å². The highest BCUT2D eigenvalue weighted by Gasteiger charge is 2.45. The number of rotatable bonds is 7. The Kier molecular flexibility index (Phi) is 6.54. The number of benzene rings is 1. The normalized spacial score (nSPS) is 14.8. The van der Waals surface area contributed by atoms with Crippen LogP contribution in [0.5, 0.6) is 0 Å². The molecule has 34 heavy (non-hydrogen) atoms. The number of hydrogen-bond acceptors (Lipinski definition) is 7. The zero-order valence-electron chi connectivity index (χ0n) is 18.8. The predicted octanol–water partition coefficient (Wildman–Crippen LogP) is 3.63. The summed E-state index contributed by atoms with van der Waals surface area (Å²) in [5.41, 5.74) is 1.82. The molecule has 4 rings (SSSR count). The molecule has 4 amide bonds. The average molecular weight is 499 g/mol. The van der Waals surface area contributed by atoms with Crippen molar-refractivity contribution in [2.24, 2.45) is 0 Å². The largest absolute Gasteiger partial charge is 0.355 e. The fourth-order valence-corrected chi connectivity index (χ4v) is 4.68. The van der Waals surface area contributed by atoms with Gasteiger partial charge in [-0.3, -0.25) is 14.9 Å². The molecule has 0 spiro atoms. The van der Waals surface area contributed by atoms with Crippen molar-refractivity contribution < 1.29 is 14.4 Å². The third-order valence-electron chi connectivity index (χ3n) is 5.57. The van der Waals surface area contributed by atoms with E-state index in [1.165, 1.54) is 16.2 Å². The molecule has 11 heteroatoms. The van der Waals surface area contributed by atoms with Gasteiger partial charge in [0.15, 0.2) is 0 Å². The van der Waals surface area contributed by atoms with Crippen molar-refractivity contribution in [2.75, 3.05) is 25.5 Å². The summed E-state index contributed by atoms with van der Waals surface area (Å²) in [6.45, 7) is 4.04. The fraction of sp³-hybridized carbons (Fsp3) is 0.261. The zero-order chi connectivity index (χ0) is 24.5. The first-order valence-corrected chi connectivity index (χ1v) is 11.7. The molecule has 3 heterocycles. The van der Waals surface area contributed by atoms with Crippen molar-refractivity contribution in [3.63, 3.8) is 0 Å². The molecule has 0 aliphatic carbocycles. The predicted molar refractivity (Wildman–Crippen MR) is 132 cm³/mol. The first-order valence-electron chi connectivity index (χ1n) is 10.5. The molecule has 0 bridgehead atoms. The van der Waals surface area contributed by atoms with Gasteiger partial charge in [0.05, 0.1) is 14.9 Å². The van der Waals surface area contributed by atoms with E-state index in [9.17, 15) is 14.4 Å². The van der Waals surface area contributed by atoms with Crippen LogP contribution in [-0.2, 0) is 4.79 Å². The van der Waals surface area contributed by atoms with Gasteiger partial charge in [-0.2, -0.15) is 0 Å². The molecule has 0 radical (unpaired) electrons. The molecule has 1 saturated heterocycles. The fourth-order valence-electron chi connectivity index (χ4n) is 3.63. The number of thiophene rings is 1. The molecule has 1 aliphatic heterocycles. The number of amides is 4. The molecule has 9 nitrogen and oxygen atoms in total. The number of carbonyl (C=O) groups excluding carboxylic acids is 3. The Bertz CT molecular complexity index is 1280. The quantitative estimate of drug-likeness (QED) is 0.428. The number of halogens is 1. The summed E-state index contributed by atoms with van der Waals surface area (Å²) in [5.74, 6) is -0.141. The van der Waals surface area contributed by atoms with Crippen molar-refractivity contribution in [3.8, 4) is 21.7 Å². The van der Waals surface area contributed by atoms with Gasteiger partial charge in [0.25, 0.3) is 11.8 Å². The number of nitrogens with zero attached hydrogens (tertiary/aromatic N) is 3. The van der Waals surface area contributed by atoms with Crippen LogP contribution in [0, 0.1) is 0 Å². The van der Waals surface area contributed by atoms with Gasteiger partial charge in [0, 0.05) is 37.5 Å². The van der Waals surface area contributed by atoms with E-state index in [0.717, 1.165) is 16.0 Å². The Morgan fingerprint density at radius 1 is 1.24 bits per heavy atom. The number of nitrogens with one attached hydrogen (secondary N) is 3. The third-order valence-corrected chi connectivity index (χ3v) is 6.81. The van der Waals surface area contributed by atoms with Gasteiger partial charge in [-0.25, -0.2) is 14.8 Å². The molecule has 0 atom stereocenters. The Hall–Kier alpha value is -3.50. The van der Waals surface area contributed by atoms with E-state index in [4.69, 9.17) is 16.6 Å². The lowest BCUT2D eigenvalue weighted by molar-refractivity contribution is -0.125. The molecule has 1 aromatic carbocycles. The van der Waals surface area contributed by atoms with Crippen LogP contribution in [0.2, 0.25) is 4.34 Å². The van der Waals surface area contributed by atoms with Crippen molar-refractivity contribution in [3.05, 3.63) is 52.5 Å². The standard InChI is InChI=1S/C23H23ClN6O3S/c1-23(2)20(32)29-22(33)30(23)10-9-26-21-27-12-15(18(28-21)16-7-8-17(24)34-16)13-5-4-6-14(11-13)19(31)25-3/h4-8,11-12H,9-10H2,1-3H3,(H,25,31)(H,26,27,28)(H,29,32,33). The Balaban J connectivity index is 1.61. The molecule has 3 aromatic rings. The van der Waals surface area contributed by atoms with Crippen LogP contribution in [0.1, 0.15) is 24.2 Å². The highest BCUT2D eigenvalue weighted by molar-refractivity contribution is 7.19. The Labute approximate surface area is 205 Å². The number of hydrogen-bond donors (Lipinski definition) is 3. The Morgan fingerprint density at radius 2 is 2.03 bits per heavy atom. The van der Waals surface area contributed by atoms with E-state index in [-0.39, 0.29) is 11.8 Å². The molecule has 0 saturated carbocycles. The summed E-state index contributed by atoms with van der Waals surface area (Å²) >= 11 is 7.57. The number of imide groups is 1. The van der Waals surface area contributed by atoms with E-state index in [0.29, 0.717) is 34.6 Å². The van der Waals surface area contributed by atoms with Crippen LogP contribution < -0.4 is 16.0 Å². The van der Waals surface area contributed by atoms with E-state index in [2.05, 4.69) is 20.9 Å². The number of anilines is 1. The van der Waals surface area contributed by atoms with Crippen LogP contribution in [-0.4, -0.2) is 58.4 Å². The summed E-state index contributed by atoms with van der Waals surface area (Å²) in [5, 5.41) is 8.09. The smallest absolute Gasteiger partial charge is 0.325 e. The third kappa shape index (κ3) is 4.59. The van der Waals surface area contributed by atoms with Crippen LogP contribution in [0.4, 0.5) is 10.7 Å². The SMILES string of the molecule is CNC(=O)c1cccc(-c2cnc(NCCN3C(=O)NC(=O)C3(C)C)nc2-c2ccc(Cl)s2)c1. The van der Waals surface area contributed by atoms with E-state index in [1.807, 2.05) is 12.1 Å². The van der Waals surface area contributed by atoms with Crippen molar-refractivity contribution in [1.82, 2.24) is 25.5 Å². The topological polar surface area (TPSA) is 116 Å². The van der Waals surface area contributed by atoms with Gasteiger partial charge < -0.3 is 15.5 Å². The minimum Gasteiger partial charge on any atom is -0.355 e. The van der Waals surface area contributed by atoms with Crippen LogP contribution in [0.3, 0.4) is 0 Å². The van der Waals surface area contributed by atoms with Gasteiger partial charge in [-0.15, -0.1) is 11.3 Å². The number of carbonyl (C=O) groups is 3. The van der Waals surface area contributed by atoms with E-state index >= 15 is 0 Å². The lowest BCUT2D eigenvalue weighted by Gasteiger charge is -2.27. The van der Waals surface area contributed by atoms with Crippen LogP contribution in [0.15, 0.2) is 42.6 Å². The maximum Gasteiger partial charge on any atom is 0.325 e. The van der Waals surface area contributed by atoms with Crippen LogP contribution >= 0.6 is 22.9 Å². The van der Waals surface area contributed by atoms with E-state index in [1.54, 1.807) is 51.4 Å². The Morgan fingerprint density at radius 3 is 2.68 bits per heavy atom. The highest BCUT2D eigenvalue weighted by Crippen LogP contribution is 2.36. The van der Waals surface area contributed by atoms with Gasteiger partial charge in [0.1, 0.15) is 5.54 Å². The molecule has 3 N–H and O–H groups in total. The highest BCUT2D eigenvalue weighted by atomic mass is 35.5. The summed E-state index contributed by atoms with van der Waals surface area (Å²) in [6, 6.07) is 10.5. The number of aromatic nitrogens is 2. The second-order valence-electron chi connectivity index (χ2n) is 8.12. The first-order chi connectivity index (χ1) is 16.2. The first kappa shape index (κ1) is 23.7. The maximum atomic E-state index is 12.1. The van der Waals surface area contributed by atoms with E-state index < -0.39 is 11.6 Å².